The molecule has 0 bridgehead atoms. The third-order valence-electron chi connectivity index (χ3n) is 5.46. The van der Waals surface area contributed by atoms with Crippen molar-refractivity contribution >= 4 is 5.78 Å². The second-order valence-corrected chi connectivity index (χ2v) is 7.89. The van der Waals surface area contributed by atoms with Crippen LogP contribution < -0.4 is 10.5 Å². The van der Waals surface area contributed by atoms with Gasteiger partial charge in [-0.25, -0.2) is 8.78 Å². The number of carbonyl (C=O) groups is 1. The van der Waals surface area contributed by atoms with Crippen molar-refractivity contribution in [1.29, 1.82) is 0 Å². The molecular weight excluding hydrogens is 362 g/mol. The minimum atomic E-state index is -2.59. The van der Waals surface area contributed by atoms with Gasteiger partial charge in [-0.15, -0.1) is 0 Å². The van der Waals surface area contributed by atoms with Gasteiger partial charge >= 0.3 is 0 Å². The lowest BCUT2D eigenvalue weighted by Crippen LogP contribution is -2.34. The van der Waals surface area contributed by atoms with Gasteiger partial charge in [0.15, 0.2) is 5.78 Å². The number of fused-ring (bicyclic) bond motifs is 1. The van der Waals surface area contributed by atoms with Gasteiger partial charge in [0, 0.05) is 31.1 Å². The topological polar surface area (TPSA) is 55.6 Å². The normalized spacial score (nSPS) is 21.9. The van der Waals surface area contributed by atoms with Crippen LogP contribution in [0.1, 0.15) is 46.4 Å². The Hall–Kier alpha value is -2.31. The summed E-state index contributed by atoms with van der Waals surface area (Å²) in [4.78, 5) is 14.7. The quantitative estimate of drug-likeness (QED) is 0.817. The summed E-state index contributed by atoms with van der Waals surface area (Å²) in [6.45, 7) is 3.61. The molecule has 4 nitrogen and oxygen atoms in total. The third kappa shape index (κ3) is 4.08. The molecule has 6 heteroatoms. The van der Waals surface area contributed by atoms with Crippen LogP contribution in [-0.4, -0.2) is 29.8 Å². The highest BCUT2D eigenvalue weighted by molar-refractivity contribution is 6.00. The Balaban J connectivity index is 1.40. The van der Waals surface area contributed by atoms with Crippen molar-refractivity contribution in [2.75, 3.05) is 13.2 Å². The molecule has 1 heterocycles. The highest BCUT2D eigenvalue weighted by Gasteiger charge is 2.57. The van der Waals surface area contributed by atoms with Crippen LogP contribution in [-0.2, 0) is 13.1 Å². The molecule has 2 aromatic carbocycles. The fraction of sp³-hybridized carbons (Fsp3) is 0.409. The monoisotopic (exact) mass is 386 g/mol. The van der Waals surface area contributed by atoms with Crippen LogP contribution in [0.4, 0.5) is 8.78 Å². The Morgan fingerprint density at radius 1 is 1.21 bits per heavy atom. The molecule has 0 radical (unpaired) electrons. The molecule has 148 valence electrons. The van der Waals surface area contributed by atoms with Crippen LogP contribution in [0.2, 0.25) is 0 Å². The summed E-state index contributed by atoms with van der Waals surface area (Å²) in [6, 6.07) is 13.4. The number of carbonyl (C=O) groups excluding carboxylic acids is 1. The molecule has 1 fully saturated rings. The van der Waals surface area contributed by atoms with Gasteiger partial charge in [0.1, 0.15) is 5.75 Å². The van der Waals surface area contributed by atoms with E-state index in [9.17, 15) is 13.6 Å². The van der Waals surface area contributed by atoms with Crippen LogP contribution in [0.5, 0.6) is 5.75 Å². The minimum absolute atomic E-state index is 0.0000448. The second kappa shape index (κ2) is 7.26. The average Bonchev–Trinajstić information content (AvgIpc) is 3.27. The summed E-state index contributed by atoms with van der Waals surface area (Å²) in [5.41, 5.74) is 9.66. The lowest BCUT2D eigenvalue weighted by atomic mass is 9.97. The van der Waals surface area contributed by atoms with Gasteiger partial charge in [0.2, 0.25) is 0 Å². The maximum absolute atomic E-state index is 13.0. The van der Waals surface area contributed by atoms with E-state index in [2.05, 4.69) is 4.90 Å². The molecule has 2 atom stereocenters. The zero-order valence-electron chi connectivity index (χ0n) is 15.8. The molecule has 1 aliphatic carbocycles. The molecule has 2 N–H and O–H groups in total. The van der Waals surface area contributed by atoms with E-state index in [0.29, 0.717) is 30.9 Å². The molecule has 2 aliphatic rings. The number of rotatable bonds is 6. The maximum Gasteiger partial charge on any atom is 0.255 e. The third-order valence-corrected chi connectivity index (χ3v) is 5.46. The zero-order valence-corrected chi connectivity index (χ0v) is 15.8. The smallest absolute Gasteiger partial charge is 0.255 e. The van der Waals surface area contributed by atoms with Crippen LogP contribution in [0.25, 0.3) is 0 Å². The van der Waals surface area contributed by atoms with Gasteiger partial charge in [-0.1, -0.05) is 30.3 Å². The summed E-state index contributed by atoms with van der Waals surface area (Å²) < 4.78 is 31.4. The first-order valence-corrected chi connectivity index (χ1v) is 9.55. The Morgan fingerprint density at radius 3 is 2.57 bits per heavy atom. The van der Waals surface area contributed by atoms with Crippen molar-refractivity contribution in [3.8, 4) is 5.75 Å². The van der Waals surface area contributed by atoms with E-state index in [4.69, 9.17) is 10.5 Å². The van der Waals surface area contributed by atoms with Crippen LogP contribution in [0.3, 0.4) is 0 Å². The SMILES string of the molecule is C[C@H](N)c1ccc(CN2CC(=O)c3cc(OCC4CC4(F)F)ccc3C2)cc1. The van der Waals surface area contributed by atoms with E-state index in [1.807, 2.05) is 37.3 Å². The van der Waals surface area contributed by atoms with E-state index >= 15 is 0 Å². The lowest BCUT2D eigenvalue weighted by molar-refractivity contribution is 0.0848. The van der Waals surface area contributed by atoms with Crippen molar-refractivity contribution in [3.05, 3.63) is 64.7 Å². The van der Waals surface area contributed by atoms with E-state index < -0.39 is 11.8 Å². The summed E-state index contributed by atoms with van der Waals surface area (Å²) in [6.07, 6.45) is -0.114. The van der Waals surface area contributed by atoms with E-state index in [0.717, 1.165) is 16.7 Å². The minimum Gasteiger partial charge on any atom is -0.493 e. The molecule has 1 saturated carbocycles. The fourth-order valence-corrected chi connectivity index (χ4v) is 3.57. The predicted octanol–water partition coefficient (Wildman–Crippen LogP) is 3.94. The first-order chi connectivity index (χ1) is 13.3. The van der Waals surface area contributed by atoms with Crippen LogP contribution in [0.15, 0.2) is 42.5 Å². The molecule has 0 spiro atoms. The molecule has 1 unspecified atom stereocenters. The highest BCUT2D eigenvalue weighted by atomic mass is 19.3. The summed E-state index contributed by atoms with van der Waals surface area (Å²) in [5, 5.41) is 0. The predicted molar refractivity (Wildman–Crippen MR) is 102 cm³/mol. The second-order valence-electron chi connectivity index (χ2n) is 7.89. The number of hydrogen-bond acceptors (Lipinski definition) is 4. The number of nitrogens with zero attached hydrogens (tertiary/aromatic N) is 1. The van der Waals surface area contributed by atoms with E-state index in [1.165, 1.54) is 0 Å². The van der Waals surface area contributed by atoms with Crippen molar-refractivity contribution in [3.63, 3.8) is 0 Å². The Morgan fingerprint density at radius 2 is 1.93 bits per heavy atom. The number of ether oxygens (including phenoxy) is 1. The number of hydrogen-bond donors (Lipinski definition) is 1. The lowest BCUT2D eigenvalue weighted by Gasteiger charge is -2.28. The number of benzene rings is 2. The Bertz CT molecular complexity index is 881. The molecule has 0 aromatic heterocycles. The zero-order chi connectivity index (χ0) is 19.9. The number of Topliss-reactive ketones (excluding diaryl/α,β-unsaturated/α-hetero) is 1. The molecule has 2 aromatic rings. The standard InChI is InChI=1S/C22H24F2N2O2/c1-14(25)16-4-2-15(3-5-16)10-26-11-17-6-7-19(8-20(17)21(27)12-26)28-13-18-9-22(18,23)24/h2-8,14,18H,9-13,25H2,1H3/t14-,18?/m0/s1. The average molecular weight is 386 g/mol. The van der Waals surface area contributed by atoms with Crippen LogP contribution in [0, 0.1) is 5.92 Å². The molecule has 4 rings (SSSR count). The summed E-state index contributed by atoms with van der Waals surface area (Å²) in [7, 11) is 0. The van der Waals surface area contributed by atoms with Gasteiger partial charge in [-0.3, -0.25) is 9.69 Å². The number of nitrogens with two attached hydrogens (primary N) is 1. The highest BCUT2D eigenvalue weighted by Crippen LogP contribution is 2.48. The first-order valence-electron chi connectivity index (χ1n) is 9.55. The van der Waals surface area contributed by atoms with E-state index in [-0.39, 0.29) is 24.9 Å². The first kappa shape index (κ1) is 19.0. The maximum atomic E-state index is 13.0. The number of ketones is 1. The number of alkyl halides is 2. The molecule has 1 aliphatic heterocycles. The fourth-order valence-electron chi connectivity index (χ4n) is 3.57. The molecule has 0 saturated heterocycles. The van der Waals surface area contributed by atoms with Gasteiger partial charge < -0.3 is 10.5 Å². The Kier molecular flexibility index (Phi) is 4.93. The molecule has 28 heavy (non-hydrogen) atoms. The van der Waals surface area contributed by atoms with E-state index in [1.54, 1.807) is 12.1 Å². The number of halogens is 2. The summed E-state index contributed by atoms with van der Waals surface area (Å²) in [5.74, 6) is -2.79. The Labute approximate surface area is 163 Å². The van der Waals surface area contributed by atoms with Gasteiger partial charge in [0.05, 0.1) is 19.1 Å². The van der Waals surface area contributed by atoms with Crippen LogP contribution >= 0.6 is 0 Å². The van der Waals surface area contributed by atoms with Crippen molar-refractivity contribution in [1.82, 2.24) is 4.90 Å². The van der Waals surface area contributed by atoms with Crippen molar-refractivity contribution in [2.24, 2.45) is 11.7 Å². The molecule has 0 amide bonds. The van der Waals surface area contributed by atoms with Gasteiger partial charge in [-0.05, 0) is 35.7 Å². The van der Waals surface area contributed by atoms with Gasteiger partial charge in [0.25, 0.3) is 5.92 Å². The largest absolute Gasteiger partial charge is 0.493 e. The van der Waals surface area contributed by atoms with Crippen molar-refractivity contribution in [2.45, 2.75) is 38.4 Å². The molecular formula is C22H24F2N2O2. The van der Waals surface area contributed by atoms with Crippen molar-refractivity contribution < 1.29 is 18.3 Å². The summed E-state index contributed by atoms with van der Waals surface area (Å²) >= 11 is 0. The van der Waals surface area contributed by atoms with Gasteiger partial charge in [-0.2, -0.15) is 0 Å².